The van der Waals surface area contributed by atoms with Gasteiger partial charge in [-0.05, 0) is 25.0 Å². The molecule has 0 aliphatic carbocycles. The van der Waals surface area contributed by atoms with E-state index in [1.54, 1.807) is 13.3 Å². The molecule has 0 saturated carbocycles. The van der Waals surface area contributed by atoms with Gasteiger partial charge in [0, 0.05) is 18.3 Å². The smallest absolute Gasteiger partial charge is 0.315 e. The Balaban J connectivity index is 1.94. The van der Waals surface area contributed by atoms with Crippen LogP contribution in [0.2, 0.25) is 0 Å². The summed E-state index contributed by atoms with van der Waals surface area (Å²) in [4.78, 5) is 16.3. The molecule has 0 aliphatic rings. The molecule has 0 radical (unpaired) electrons. The van der Waals surface area contributed by atoms with Gasteiger partial charge >= 0.3 is 6.03 Å². The molecule has 0 unspecified atom stereocenters. The zero-order valence-electron chi connectivity index (χ0n) is 13.8. The van der Waals surface area contributed by atoms with E-state index < -0.39 is 0 Å². The first-order valence-electron chi connectivity index (χ1n) is 7.72. The molecule has 0 fully saturated rings. The maximum absolute atomic E-state index is 12.1. The van der Waals surface area contributed by atoms with Crippen molar-refractivity contribution in [2.75, 3.05) is 7.11 Å². The van der Waals surface area contributed by atoms with Crippen LogP contribution in [0.1, 0.15) is 36.1 Å². The second-order valence-electron chi connectivity index (χ2n) is 5.37. The zero-order valence-corrected chi connectivity index (χ0v) is 13.8. The summed E-state index contributed by atoms with van der Waals surface area (Å²) < 4.78 is 5.18. The molecule has 0 bridgehead atoms. The standard InChI is InChI=1S/C18H23N3O2/c1-4-16(14-9-7-13(2)8-10-14)21-18(22)20-12-15-6-5-11-19-17(15)23-3/h5-11,16H,4,12H2,1-3H3,(H2,20,21,22)/t16-/m0/s1. The Kier molecular flexibility index (Phi) is 5.97. The van der Waals surface area contributed by atoms with E-state index in [4.69, 9.17) is 4.74 Å². The fraction of sp³-hybridized carbons (Fsp3) is 0.333. The third-order valence-electron chi connectivity index (χ3n) is 3.68. The van der Waals surface area contributed by atoms with Crippen LogP contribution in [0.3, 0.4) is 0 Å². The highest BCUT2D eigenvalue weighted by molar-refractivity contribution is 5.74. The fourth-order valence-corrected chi connectivity index (χ4v) is 2.35. The third-order valence-corrected chi connectivity index (χ3v) is 3.68. The molecule has 5 heteroatoms. The number of aryl methyl sites for hydroxylation is 1. The van der Waals surface area contributed by atoms with Crippen LogP contribution in [0.5, 0.6) is 5.88 Å². The number of rotatable bonds is 6. The maximum Gasteiger partial charge on any atom is 0.315 e. The molecule has 23 heavy (non-hydrogen) atoms. The van der Waals surface area contributed by atoms with E-state index in [1.807, 2.05) is 31.2 Å². The van der Waals surface area contributed by atoms with Gasteiger partial charge in [0.2, 0.25) is 5.88 Å². The quantitative estimate of drug-likeness (QED) is 0.859. The molecule has 2 N–H and O–H groups in total. The van der Waals surface area contributed by atoms with E-state index in [-0.39, 0.29) is 12.1 Å². The first-order valence-corrected chi connectivity index (χ1v) is 7.72. The van der Waals surface area contributed by atoms with Crippen molar-refractivity contribution in [3.63, 3.8) is 0 Å². The predicted octanol–water partition coefficient (Wildman–Crippen LogP) is 3.35. The number of pyridine rings is 1. The van der Waals surface area contributed by atoms with Crippen LogP contribution in [0.15, 0.2) is 42.6 Å². The lowest BCUT2D eigenvalue weighted by atomic mass is 10.0. The summed E-state index contributed by atoms with van der Waals surface area (Å²) in [6.07, 6.45) is 2.49. The molecular weight excluding hydrogens is 290 g/mol. The number of benzene rings is 1. The van der Waals surface area contributed by atoms with Gasteiger partial charge in [0.05, 0.1) is 13.2 Å². The maximum atomic E-state index is 12.1. The van der Waals surface area contributed by atoms with E-state index in [2.05, 4.69) is 34.7 Å². The minimum atomic E-state index is -0.205. The largest absolute Gasteiger partial charge is 0.481 e. The van der Waals surface area contributed by atoms with Gasteiger partial charge in [0.25, 0.3) is 0 Å². The van der Waals surface area contributed by atoms with Crippen LogP contribution in [-0.2, 0) is 6.54 Å². The Morgan fingerprint density at radius 1 is 1.26 bits per heavy atom. The molecule has 1 atom stereocenters. The molecule has 2 aromatic rings. The normalized spacial score (nSPS) is 11.6. The van der Waals surface area contributed by atoms with Gasteiger partial charge in [0.15, 0.2) is 0 Å². The van der Waals surface area contributed by atoms with E-state index in [1.165, 1.54) is 5.56 Å². The van der Waals surface area contributed by atoms with Gasteiger partial charge in [-0.15, -0.1) is 0 Å². The van der Waals surface area contributed by atoms with Crippen LogP contribution < -0.4 is 15.4 Å². The monoisotopic (exact) mass is 313 g/mol. The Bertz CT molecular complexity index is 641. The summed E-state index contributed by atoms with van der Waals surface area (Å²) in [5, 5.41) is 5.85. The van der Waals surface area contributed by atoms with Crippen molar-refractivity contribution in [3.8, 4) is 5.88 Å². The average Bonchev–Trinajstić information content (AvgIpc) is 2.59. The number of carbonyl (C=O) groups excluding carboxylic acids is 1. The SMILES string of the molecule is CC[C@H](NC(=O)NCc1cccnc1OC)c1ccc(C)cc1. The lowest BCUT2D eigenvalue weighted by molar-refractivity contribution is 0.236. The summed E-state index contributed by atoms with van der Waals surface area (Å²) in [7, 11) is 1.57. The van der Waals surface area contributed by atoms with Crippen LogP contribution in [0.4, 0.5) is 4.79 Å². The number of nitrogens with zero attached hydrogens (tertiary/aromatic N) is 1. The minimum absolute atomic E-state index is 0.00797. The first kappa shape index (κ1) is 16.8. The van der Waals surface area contributed by atoms with Crippen LogP contribution in [0.25, 0.3) is 0 Å². The minimum Gasteiger partial charge on any atom is -0.481 e. The molecule has 122 valence electrons. The van der Waals surface area contributed by atoms with Crippen LogP contribution in [0, 0.1) is 6.92 Å². The summed E-state index contributed by atoms with van der Waals surface area (Å²) >= 11 is 0. The topological polar surface area (TPSA) is 63.2 Å². The molecule has 2 rings (SSSR count). The van der Waals surface area contributed by atoms with Gasteiger partial charge in [-0.1, -0.05) is 42.8 Å². The van der Waals surface area contributed by atoms with E-state index in [0.717, 1.165) is 17.5 Å². The highest BCUT2D eigenvalue weighted by Crippen LogP contribution is 2.17. The van der Waals surface area contributed by atoms with Crippen molar-refractivity contribution in [3.05, 3.63) is 59.3 Å². The van der Waals surface area contributed by atoms with Crippen molar-refractivity contribution in [1.29, 1.82) is 0 Å². The van der Waals surface area contributed by atoms with E-state index in [0.29, 0.717) is 12.4 Å². The Morgan fingerprint density at radius 3 is 2.65 bits per heavy atom. The number of nitrogens with one attached hydrogen (secondary N) is 2. The van der Waals surface area contributed by atoms with Gasteiger partial charge in [-0.3, -0.25) is 0 Å². The number of carbonyl (C=O) groups is 1. The molecule has 0 spiro atoms. The molecule has 0 saturated heterocycles. The van der Waals surface area contributed by atoms with Crippen molar-refractivity contribution in [2.45, 2.75) is 32.9 Å². The number of amides is 2. The Morgan fingerprint density at radius 2 is 2.00 bits per heavy atom. The molecular formula is C18H23N3O2. The van der Waals surface area contributed by atoms with Crippen LogP contribution in [-0.4, -0.2) is 18.1 Å². The molecule has 2 amide bonds. The van der Waals surface area contributed by atoms with Crippen molar-refractivity contribution in [1.82, 2.24) is 15.6 Å². The van der Waals surface area contributed by atoms with Gasteiger partial charge in [-0.25, -0.2) is 9.78 Å². The molecule has 1 aromatic carbocycles. The van der Waals surface area contributed by atoms with Crippen molar-refractivity contribution >= 4 is 6.03 Å². The molecule has 1 aromatic heterocycles. The summed E-state index contributed by atoms with van der Waals surface area (Å²) in [6, 6.07) is 11.7. The highest BCUT2D eigenvalue weighted by atomic mass is 16.5. The number of ether oxygens (including phenoxy) is 1. The summed E-state index contributed by atoms with van der Waals surface area (Å²) in [6.45, 7) is 4.47. The second-order valence-corrected chi connectivity index (χ2v) is 5.37. The van der Waals surface area contributed by atoms with E-state index >= 15 is 0 Å². The summed E-state index contributed by atoms with van der Waals surface area (Å²) in [5.41, 5.74) is 3.15. The highest BCUT2D eigenvalue weighted by Gasteiger charge is 2.13. The zero-order chi connectivity index (χ0) is 16.7. The average molecular weight is 313 g/mol. The lowest BCUT2D eigenvalue weighted by Gasteiger charge is -2.18. The molecule has 0 aliphatic heterocycles. The molecule has 5 nitrogen and oxygen atoms in total. The number of hydrogen-bond acceptors (Lipinski definition) is 3. The number of aromatic nitrogens is 1. The second kappa shape index (κ2) is 8.17. The number of urea groups is 1. The first-order chi connectivity index (χ1) is 11.1. The fourth-order valence-electron chi connectivity index (χ4n) is 2.35. The molecule has 1 heterocycles. The van der Waals surface area contributed by atoms with Crippen molar-refractivity contribution in [2.24, 2.45) is 0 Å². The Hall–Kier alpha value is -2.56. The Labute approximate surface area is 137 Å². The summed E-state index contributed by atoms with van der Waals surface area (Å²) in [5.74, 6) is 0.526. The van der Waals surface area contributed by atoms with Gasteiger partial charge in [0.1, 0.15) is 0 Å². The van der Waals surface area contributed by atoms with Gasteiger partial charge < -0.3 is 15.4 Å². The van der Waals surface area contributed by atoms with Gasteiger partial charge in [-0.2, -0.15) is 0 Å². The van der Waals surface area contributed by atoms with Crippen LogP contribution >= 0.6 is 0 Å². The number of hydrogen-bond donors (Lipinski definition) is 2. The predicted molar refractivity (Wildman–Crippen MR) is 90.4 cm³/mol. The van der Waals surface area contributed by atoms with E-state index in [9.17, 15) is 4.79 Å². The lowest BCUT2D eigenvalue weighted by Crippen LogP contribution is -2.37. The third kappa shape index (κ3) is 4.71. The number of methoxy groups -OCH3 is 1. The van der Waals surface area contributed by atoms with Crippen molar-refractivity contribution < 1.29 is 9.53 Å².